The van der Waals surface area contributed by atoms with Crippen LogP contribution in [-0.2, 0) is 7.05 Å². The Morgan fingerprint density at radius 2 is 1.90 bits per heavy atom. The van der Waals surface area contributed by atoms with Gasteiger partial charge in [-0.25, -0.2) is 9.48 Å². The van der Waals surface area contributed by atoms with E-state index in [0.29, 0.717) is 17.4 Å². The Bertz CT molecular complexity index is 627. The number of aryl methyl sites for hydroxylation is 2. The molecule has 0 amide bonds. The van der Waals surface area contributed by atoms with Gasteiger partial charge in [0.1, 0.15) is 11.3 Å². The molecular weight excluding hydrogens is 256 g/mol. The Balaban J connectivity index is 2.32. The molecule has 0 unspecified atom stereocenters. The Hall–Kier alpha value is -2.30. The number of carboxylic acids is 1. The van der Waals surface area contributed by atoms with E-state index < -0.39 is 5.97 Å². The molecule has 0 saturated carbocycles. The van der Waals surface area contributed by atoms with Crippen LogP contribution in [0.15, 0.2) is 24.3 Å². The molecule has 20 heavy (non-hydrogen) atoms. The van der Waals surface area contributed by atoms with Gasteiger partial charge in [-0.2, -0.15) is 5.10 Å². The zero-order valence-electron chi connectivity index (χ0n) is 12.0. The maximum absolute atomic E-state index is 11.3. The van der Waals surface area contributed by atoms with Gasteiger partial charge in [0.15, 0.2) is 0 Å². The van der Waals surface area contributed by atoms with Crippen LogP contribution in [0.4, 0.5) is 0 Å². The second-order valence-electron chi connectivity index (χ2n) is 5.02. The number of carbonyl (C=O) groups is 1. The minimum atomic E-state index is -1.04. The number of aromatic nitrogens is 2. The fourth-order valence-electron chi connectivity index (χ4n) is 2.03. The lowest BCUT2D eigenvalue weighted by atomic mass is 10.0. The zero-order chi connectivity index (χ0) is 14.9. The van der Waals surface area contributed by atoms with E-state index in [1.807, 2.05) is 24.3 Å². The Morgan fingerprint density at radius 1 is 1.30 bits per heavy atom. The van der Waals surface area contributed by atoms with Gasteiger partial charge in [0.05, 0.1) is 5.69 Å². The highest BCUT2D eigenvalue weighted by Gasteiger charge is 2.21. The predicted molar refractivity (Wildman–Crippen MR) is 75.5 cm³/mol. The van der Waals surface area contributed by atoms with Crippen LogP contribution in [-0.4, -0.2) is 20.9 Å². The van der Waals surface area contributed by atoms with Crippen molar-refractivity contribution in [3.8, 4) is 11.6 Å². The van der Waals surface area contributed by atoms with Crippen LogP contribution in [0.25, 0.3) is 0 Å². The van der Waals surface area contributed by atoms with E-state index in [0.717, 1.165) is 0 Å². The Labute approximate surface area is 117 Å². The normalized spacial score (nSPS) is 10.8. The van der Waals surface area contributed by atoms with Gasteiger partial charge in [-0.15, -0.1) is 0 Å². The van der Waals surface area contributed by atoms with Crippen molar-refractivity contribution in [3.05, 3.63) is 41.1 Å². The minimum Gasteiger partial charge on any atom is -0.477 e. The van der Waals surface area contributed by atoms with Crippen LogP contribution in [0.3, 0.4) is 0 Å². The molecule has 0 saturated heterocycles. The zero-order valence-corrected chi connectivity index (χ0v) is 12.0. The van der Waals surface area contributed by atoms with E-state index in [1.54, 1.807) is 14.0 Å². The Kier molecular flexibility index (Phi) is 3.79. The smallest absolute Gasteiger partial charge is 0.343 e. The van der Waals surface area contributed by atoms with Gasteiger partial charge in [-0.1, -0.05) is 26.0 Å². The van der Waals surface area contributed by atoms with Crippen molar-refractivity contribution in [1.82, 2.24) is 9.78 Å². The molecule has 0 bridgehead atoms. The summed E-state index contributed by atoms with van der Waals surface area (Å²) in [7, 11) is 1.66. The van der Waals surface area contributed by atoms with Crippen molar-refractivity contribution in [1.29, 1.82) is 0 Å². The number of rotatable bonds is 4. The number of hydrogen-bond acceptors (Lipinski definition) is 3. The summed E-state index contributed by atoms with van der Waals surface area (Å²) in [5.41, 5.74) is 1.74. The standard InChI is InChI=1S/C15H18N2O3/c1-9(2)11-5-7-12(8-6-11)20-14-13(15(18)19)10(3)16-17(14)4/h5-9H,1-4H3,(H,18,19). The number of hydrogen-bond donors (Lipinski definition) is 1. The second-order valence-corrected chi connectivity index (χ2v) is 5.02. The van der Waals surface area contributed by atoms with E-state index in [2.05, 4.69) is 18.9 Å². The second kappa shape index (κ2) is 5.36. The van der Waals surface area contributed by atoms with Gasteiger partial charge in [-0.05, 0) is 30.5 Å². The topological polar surface area (TPSA) is 64.4 Å². The lowest BCUT2D eigenvalue weighted by Gasteiger charge is -2.09. The number of nitrogens with zero attached hydrogens (tertiary/aromatic N) is 2. The molecule has 2 aromatic rings. The molecule has 106 valence electrons. The van der Waals surface area contributed by atoms with Gasteiger partial charge in [-0.3, -0.25) is 0 Å². The summed E-state index contributed by atoms with van der Waals surface area (Å²) in [5, 5.41) is 13.3. The number of aromatic carboxylic acids is 1. The van der Waals surface area contributed by atoms with Gasteiger partial charge in [0, 0.05) is 7.05 Å². The summed E-state index contributed by atoms with van der Waals surface area (Å²) in [6, 6.07) is 7.62. The molecule has 1 N–H and O–H groups in total. The maximum Gasteiger partial charge on any atom is 0.343 e. The van der Waals surface area contributed by atoms with Crippen molar-refractivity contribution in [2.45, 2.75) is 26.7 Å². The van der Waals surface area contributed by atoms with E-state index in [-0.39, 0.29) is 11.4 Å². The first-order valence-corrected chi connectivity index (χ1v) is 6.45. The summed E-state index contributed by atoms with van der Waals surface area (Å²) >= 11 is 0. The van der Waals surface area contributed by atoms with Crippen LogP contribution >= 0.6 is 0 Å². The number of carboxylic acid groups (broad SMARTS) is 1. The fourth-order valence-corrected chi connectivity index (χ4v) is 2.03. The lowest BCUT2D eigenvalue weighted by molar-refractivity contribution is 0.0693. The van der Waals surface area contributed by atoms with Crippen molar-refractivity contribution < 1.29 is 14.6 Å². The molecule has 0 aliphatic rings. The average Bonchev–Trinajstić information content (AvgIpc) is 2.64. The van der Waals surface area contributed by atoms with Crippen molar-refractivity contribution in [2.24, 2.45) is 7.05 Å². The van der Waals surface area contributed by atoms with Gasteiger partial charge >= 0.3 is 5.97 Å². The summed E-state index contributed by atoms with van der Waals surface area (Å²) in [5.74, 6) is 0.245. The monoisotopic (exact) mass is 274 g/mol. The average molecular weight is 274 g/mol. The van der Waals surface area contributed by atoms with Crippen LogP contribution in [0.2, 0.25) is 0 Å². The van der Waals surface area contributed by atoms with E-state index in [9.17, 15) is 9.90 Å². The first-order chi connectivity index (χ1) is 9.40. The highest BCUT2D eigenvalue weighted by molar-refractivity contribution is 5.91. The van der Waals surface area contributed by atoms with Crippen molar-refractivity contribution in [2.75, 3.05) is 0 Å². The molecule has 0 spiro atoms. The third kappa shape index (κ3) is 2.66. The molecule has 0 aliphatic heterocycles. The molecule has 1 aromatic carbocycles. The van der Waals surface area contributed by atoms with Gasteiger partial charge < -0.3 is 9.84 Å². The number of ether oxygens (including phenoxy) is 1. The quantitative estimate of drug-likeness (QED) is 0.928. The molecule has 1 aromatic heterocycles. The minimum absolute atomic E-state index is 0.0976. The molecule has 0 atom stereocenters. The molecule has 1 heterocycles. The van der Waals surface area contributed by atoms with Gasteiger partial charge in [0.2, 0.25) is 5.88 Å². The van der Waals surface area contributed by atoms with Crippen molar-refractivity contribution in [3.63, 3.8) is 0 Å². The summed E-state index contributed by atoms with van der Waals surface area (Å²) < 4.78 is 7.12. The summed E-state index contributed by atoms with van der Waals surface area (Å²) in [6.07, 6.45) is 0. The highest BCUT2D eigenvalue weighted by Crippen LogP contribution is 2.28. The predicted octanol–water partition coefficient (Wildman–Crippen LogP) is 3.34. The molecule has 0 fully saturated rings. The Morgan fingerprint density at radius 3 is 2.40 bits per heavy atom. The van der Waals surface area contributed by atoms with Crippen LogP contribution in [0.1, 0.15) is 41.4 Å². The first-order valence-electron chi connectivity index (χ1n) is 6.45. The van der Waals surface area contributed by atoms with Crippen LogP contribution in [0.5, 0.6) is 11.6 Å². The lowest BCUT2D eigenvalue weighted by Crippen LogP contribution is -2.02. The van der Waals surface area contributed by atoms with E-state index >= 15 is 0 Å². The molecule has 0 radical (unpaired) electrons. The van der Waals surface area contributed by atoms with E-state index in [4.69, 9.17) is 4.74 Å². The molecule has 0 aliphatic carbocycles. The number of benzene rings is 1. The van der Waals surface area contributed by atoms with Crippen LogP contribution < -0.4 is 4.74 Å². The molecular formula is C15H18N2O3. The van der Waals surface area contributed by atoms with Crippen molar-refractivity contribution >= 4 is 5.97 Å². The van der Waals surface area contributed by atoms with Crippen LogP contribution in [0, 0.1) is 6.92 Å². The summed E-state index contributed by atoms with van der Waals surface area (Å²) in [4.78, 5) is 11.3. The van der Waals surface area contributed by atoms with E-state index in [1.165, 1.54) is 10.2 Å². The molecule has 5 heteroatoms. The largest absolute Gasteiger partial charge is 0.477 e. The fraction of sp³-hybridized carbons (Fsp3) is 0.333. The summed E-state index contributed by atoms with van der Waals surface area (Å²) in [6.45, 7) is 5.88. The highest BCUT2D eigenvalue weighted by atomic mass is 16.5. The SMILES string of the molecule is Cc1nn(C)c(Oc2ccc(C(C)C)cc2)c1C(=O)O. The van der Waals surface area contributed by atoms with Gasteiger partial charge in [0.25, 0.3) is 0 Å². The third-order valence-electron chi connectivity index (χ3n) is 3.14. The maximum atomic E-state index is 11.3. The molecule has 5 nitrogen and oxygen atoms in total. The first kappa shape index (κ1) is 14.1. The third-order valence-corrected chi connectivity index (χ3v) is 3.14. The molecule has 2 rings (SSSR count).